The average Bonchev–Trinajstić information content (AvgIpc) is 2.50. The van der Waals surface area contributed by atoms with Gasteiger partial charge in [-0.05, 0) is 24.3 Å². The quantitative estimate of drug-likeness (QED) is 0.670. The van der Waals surface area contributed by atoms with E-state index in [1.807, 2.05) is 0 Å². The molecule has 0 heterocycles. The Morgan fingerprint density at radius 3 is 2.82 bits per heavy atom. The first-order valence-electron chi connectivity index (χ1n) is 7.64. The standard InChI is InChI=1S/C16H22N2O4/c1-11-6-5-7-13(12(11)2)17-16(19)10-22-15-9-4-3-8-14(15)18(20)21/h3-4,8-9,11-13H,5-7,10H2,1-2H3,(H,17,19)/t11-,12-,13-/m1/s1. The molecule has 0 spiro atoms. The molecule has 1 fully saturated rings. The number of carbonyl (C=O) groups is 1. The van der Waals surface area contributed by atoms with Crippen molar-refractivity contribution in [2.45, 2.75) is 39.2 Å². The maximum atomic E-state index is 12.0. The summed E-state index contributed by atoms with van der Waals surface area (Å²) in [6, 6.07) is 6.22. The summed E-state index contributed by atoms with van der Waals surface area (Å²) in [6.07, 6.45) is 3.28. The first-order valence-corrected chi connectivity index (χ1v) is 7.64. The molecular weight excluding hydrogens is 284 g/mol. The molecule has 1 aliphatic carbocycles. The highest BCUT2D eigenvalue weighted by molar-refractivity contribution is 5.78. The first kappa shape index (κ1) is 16.3. The summed E-state index contributed by atoms with van der Waals surface area (Å²) in [5, 5.41) is 13.9. The van der Waals surface area contributed by atoms with Crippen LogP contribution in [0.3, 0.4) is 0 Å². The van der Waals surface area contributed by atoms with Gasteiger partial charge in [0.1, 0.15) is 0 Å². The number of nitrogens with one attached hydrogen (secondary N) is 1. The minimum absolute atomic E-state index is 0.118. The number of benzene rings is 1. The molecule has 0 aromatic heterocycles. The number of para-hydroxylation sites is 2. The summed E-state index contributed by atoms with van der Waals surface area (Å²) in [7, 11) is 0. The number of nitro groups is 1. The van der Waals surface area contributed by atoms with Crippen molar-refractivity contribution in [3.63, 3.8) is 0 Å². The molecule has 1 aromatic rings. The monoisotopic (exact) mass is 306 g/mol. The van der Waals surface area contributed by atoms with Gasteiger partial charge in [-0.15, -0.1) is 0 Å². The lowest BCUT2D eigenvalue weighted by atomic mass is 9.78. The van der Waals surface area contributed by atoms with Crippen molar-refractivity contribution in [3.05, 3.63) is 34.4 Å². The Morgan fingerprint density at radius 1 is 1.36 bits per heavy atom. The second kappa shape index (κ2) is 7.24. The van der Waals surface area contributed by atoms with Gasteiger partial charge in [0.2, 0.25) is 0 Å². The maximum Gasteiger partial charge on any atom is 0.310 e. The van der Waals surface area contributed by atoms with Crippen LogP contribution in [0, 0.1) is 22.0 Å². The second-order valence-corrected chi connectivity index (χ2v) is 5.95. The third kappa shape index (κ3) is 3.96. The minimum Gasteiger partial charge on any atom is -0.477 e. The normalized spacial score (nSPS) is 24.5. The van der Waals surface area contributed by atoms with Crippen molar-refractivity contribution in [2.75, 3.05) is 6.61 Å². The highest BCUT2D eigenvalue weighted by Gasteiger charge is 2.28. The van der Waals surface area contributed by atoms with Crippen molar-refractivity contribution in [2.24, 2.45) is 11.8 Å². The van der Waals surface area contributed by atoms with Crippen LogP contribution in [0.15, 0.2) is 24.3 Å². The first-order chi connectivity index (χ1) is 10.5. The largest absolute Gasteiger partial charge is 0.477 e. The number of nitro benzene ring substituents is 1. The molecule has 1 N–H and O–H groups in total. The minimum atomic E-state index is -0.516. The Balaban J connectivity index is 1.89. The molecule has 0 unspecified atom stereocenters. The molecule has 0 bridgehead atoms. The molecule has 6 heteroatoms. The van der Waals surface area contributed by atoms with Crippen LogP contribution in [0.2, 0.25) is 0 Å². The predicted molar refractivity (Wildman–Crippen MR) is 82.7 cm³/mol. The van der Waals surface area contributed by atoms with Gasteiger partial charge in [0.25, 0.3) is 5.91 Å². The van der Waals surface area contributed by atoms with Crippen LogP contribution in [-0.2, 0) is 4.79 Å². The van der Waals surface area contributed by atoms with E-state index in [9.17, 15) is 14.9 Å². The highest BCUT2D eigenvalue weighted by Crippen LogP contribution is 2.29. The van der Waals surface area contributed by atoms with E-state index < -0.39 is 4.92 Å². The summed E-state index contributed by atoms with van der Waals surface area (Å²) < 4.78 is 5.31. The fraction of sp³-hybridized carbons (Fsp3) is 0.562. The van der Waals surface area contributed by atoms with Crippen molar-refractivity contribution < 1.29 is 14.5 Å². The molecule has 22 heavy (non-hydrogen) atoms. The molecule has 0 radical (unpaired) electrons. The molecule has 1 aliphatic rings. The molecule has 0 saturated heterocycles. The third-order valence-corrected chi connectivity index (χ3v) is 4.47. The van der Waals surface area contributed by atoms with Gasteiger partial charge in [-0.1, -0.05) is 38.8 Å². The van der Waals surface area contributed by atoms with Gasteiger partial charge in [0.15, 0.2) is 12.4 Å². The van der Waals surface area contributed by atoms with Gasteiger partial charge in [0, 0.05) is 12.1 Å². The molecule has 120 valence electrons. The van der Waals surface area contributed by atoms with Gasteiger partial charge >= 0.3 is 5.69 Å². The van der Waals surface area contributed by atoms with Crippen LogP contribution in [-0.4, -0.2) is 23.5 Å². The number of amides is 1. The fourth-order valence-corrected chi connectivity index (χ4v) is 2.91. The average molecular weight is 306 g/mol. The van der Waals surface area contributed by atoms with Crippen molar-refractivity contribution >= 4 is 11.6 Å². The lowest BCUT2D eigenvalue weighted by Crippen LogP contribution is -2.45. The van der Waals surface area contributed by atoms with Gasteiger partial charge < -0.3 is 10.1 Å². The molecule has 2 rings (SSSR count). The topological polar surface area (TPSA) is 81.5 Å². The number of rotatable bonds is 5. The number of nitrogens with zero attached hydrogens (tertiary/aromatic N) is 1. The molecule has 1 amide bonds. The molecular formula is C16H22N2O4. The van der Waals surface area contributed by atoms with Crippen molar-refractivity contribution in [3.8, 4) is 5.75 Å². The number of hydrogen-bond acceptors (Lipinski definition) is 4. The van der Waals surface area contributed by atoms with Crippen LogP contribution in [0.25, 0.3) is 0 Å². The molecule has 3 atom stereocenters. The van der Waals surface area contributed by atoms with E-state index in [-0.39, 0.29) is 30.0 Å². The number of hydrogen-bond donors (Lipinski definition) is 1. The van der Waals surface area contributed by atoms with Crippen LogP contribution >= 0.6 is 0 Å². The number of ether oxygens (including phenoxy) is 1. The van der Waals surface area contributed by atoms with E-state index in [1.54, 1.807) is 12.1 Å². The van der Waals surface area contributed by atoms with Gasteiger partial charge in [-0.25, -0.2) is 0 Å². The predicted octanol–water partition coefficient (Wildman–Crippen LogP) is 2.91. The Kier molecular flexibility index (Phi) is 5.35. The molecule has 1 aromatic carbocycles. The zero-order valence-electron chi connectivity index (χ0n) is 13.0. The van der Waals surface area contributed by atoms with E-state index in [1.165, 1.54) is 18.6 Å². The second-order valence-electron chi connectivity index (χ2n) is 5.95. The fourth-order valence-electron chi connectivity index (χ4n) is 2.91. The highest BCUT2D eigenvalue weighted by atomic mass is 16.6. The van der Waals surface area contributed by atoms with E-state index in [2.05, 4.69) is 19.2 Å². The molecule has 0 aliphatic heterocycles. The Labute approximate surface area is 130 Å². The zero-order valence-corrected chi connectivity index (χ0v) is 13.0. The van der Waals surface area contributed by atoms with E-state index in [0.717, 1.165) is 12.8 Å². The van der Waals surface area contributed by atoms with Gasteiger partial charge in [-0.3, -0.25) is 14.9 Å². The van der Waals surface area contributed by atoms with E-state index >= 15 is 0 Å². The molecule has 1 saturated carbocycles. The van der Waals surface area contributed by atoms with Gasteiger partial charge in [-0.2, -0.15) is 0 Å². The summed E-state index contributed by atoms with van der Waals surface area (Å²) >= 11 is 0. The summed E-state index contributed by atoms with van der Waals surface area (Å²) in [5.74, 6) is 0.913. The van der Waals surface area contributed by atoms with E-state index in [4.69, 9.17) is 4.74 Å². The smallest absolute Gasteiger partial charge is 0.310 e. The lowest BCUT2D eigenvalue weighted by molar-refractivity contribution is -0.385. The summed E-state index contributed by atoms with van der Waals surface area (Å²) in [5.41, 5.74) is -0.130. The van der Waals surface area contributed by atoms with Gasteiger partial charge in [0.05, 0.1) is 4.92 Å². The van der Waals surface area contributed by atoms with Crippen LogP contribution in [0.4, 0.5) is 5.69 Å². The van der Waals surface area contributed by atoms with Crippen molar-refractivity contribution in [1.82, 2.24) is 5.32 Å². The van der Waals surface area contributed by atoms with Crippen LogP contribution < -0.4 is 10.1 Å². The van der Waals surface area contributed by atoms with Crippen LogP contribution in [0.1, 0.15) is 33.1 Å². The maximum absolute atomic E-state index is 12.0. The van der Waals surface area contributed by atoms with Crippen LogP contribution in [0.5, 0.6) is 5.75 Å². The summed E-state index contributed by atoms with van der Waals surface area (Å²) in [6.45, 7) is 4.15. The molecule has 6 nitrogen and oxygen atoms in total. The number of carbonyl (C=O) groups excluding carboxylic acids is 1. The summed E-state index contributed by atoms with van der Waals surface area (Å²) in [4.78, 5) is 22.4. The Bertz CT molecular complexity index is 547. The lowest BCUT2D eigenvalue weighted by Gasteiger charge is -2.34. The Hall–Kier alpha value is -2.11. The van der Waals surface area contributed by atoms with Crippen molar-refractivity contribution in [1.29, 1.82) is 0 Å². The van der Waals surface area contributed by atoms with E-state index in [0.29, 0.717) is 11.8 Å². The SMILES string of the molecule is C[C@@H]1[C@H](C)CCC[C@H]1NC(=O)COc1ccccc1[N+](=O)[O-]. The zero-order chi connectivity index (χ0) is 16.1. The third-order valence-electron chi connectivity index (χ3n) is 4.47. The Morgan fingerprint density at radius 2 is 2.09 bits per heavy atom.